The van der Waals surface area contributed by atoms with Crippen molar-refractivity contribution < 1.29 is 4.21 Å². The van der Waals surface area contributed by atoms with Gasteiger partial charge in [0.2, 0.25) is 0 Å². The third-order valence-electron chi connectivity index (χ3n) is 2.46. The van der Waals surface area contributed by atoms with Crippen LogP contribution in [-0.4, -0.2) is 9.46 Å². The molecular formula is C13H16OS. The van der Waals surface area contributed by atoms with Crippen molar-refractivity contribution in [2.45, 2.75) is 37.8 Å². The van der Waals surface area contributed by atoms with Gasteiger partial charge in [0, 0.05) is 15.7 Å². The van der Waals surface area contributed by atoms with E-state index in [1.165, 1.54) is 0 Å². The van der Waals surface area contributed by atoms with Crippen LogP contribution in [0.3, 0.4) is 0 Å². The molecule has 0 aliphatic carbocycles. The third kappa shape index (κ3) is 2.49. The van der Waals surface area contributed by atoms with Gasteiger partial charge >= 0.3 is 0 Å². The molecule has 1 aromatic rings. The summed E-state index contributed by atoms with van der Waals surface area (Å²) in [6.45, 7) is 7.88. The van der Waals surface area contributed by atoms with Gasteiger partial charge in [-0.05, 0) is 37.1 Å². The second kappa shape index (κ2) is 4.63. The number of aryl methyl sites for hydroxylation is 1. The normalized spacial score (nSPS) is 12.5. The fraction of sp³-hybridized carbons (Fsp3) is 0.385. The van der Waals surface area contributed by atoms with E-state index in [9.17, 15) is 4.21 Å². The summed E-state index contributed by atoms with van der Waals surface area (Å²) >= 11 is 0. The molecule has 0 heterocycles. The Kier molecular flexibility index (Phi) is 3.71. The van der Waals surface area contributed by atoms with Crippen LogP contribution in [0.2, 0.25) is 0 Å². The lowest BCUT2D eigenvalue weighted by Crippen LogP contribution is -2.06. The van der Waals surface area contributed by atoms with Gasteiger partial charge in [0.1, 0.15) is 0 Å². The monoisotopic (exact) mass is 220 g/mol. The maximum absolute atomic E-state index is 11.9. The van der Waals surface area contributed by atoms with E-state index < -0.39 is 10.8 Å². The SMILES string of the molecule is C#Cc1cc(S(=O)C(C)C)cc(C)c1C. The van der Waals surface area contributed by atoms with E-state index in [0.717, 1.165) is 21.6 Å². The van der Waals surface area contributed by atoms with Gasteiger partial charge in [-0.25, -0.2) is 0 Å². The first-order valence-electron chi connectivity index (χ1n) is 4.95. The number of hydrogen-bond acceptors (Lipinski definition) is 1. The number of terminal acetylenes is 1. The molecule has 0 fully saturated rings. The largest absolute Gasteiger partial charge is 0.254 e. The molecule has 15 heavy (non-hydrogen) atoms. The lowest BCUT2D eigenvalue weighted by Gasteiger charge is -2.10. The van der Waals surface area contributed by atoms with E-state index in [-0.39, 0.29) is 5.25 Å². The predicted octanol–water partition coefficient (Wildman–Crippen LogP) is 2.80. The zero-order valence-corrected chi connectivity index (χ0v) is 10.4. The van der Waals surface area contributed by atoms with Gasteiger partial charge in [0.25, 0.3) is 0 Å². The maximum Gasteiger partial charge on any atom is 0.0555 e. The Labute approximate surface area is 94.4 Å². The Hall–Kier alpha value is -1.07. The average molecular weight is 220 g/mol. The summed E-state index contributed by atoms with van der Waals surface area (Å²) in [7, 11) is -0.961. The molecule has 0 aliphatic rings. The van der Waals surface area contributed by atoms with Crippen LogP contribution in [-0.2, 0) is 10.8 Å². The maximum atomic E-state index is 11.9. The molecule has 0 spiro atoms. The second-order valence-corrected chi connectivity index (χ2v) is 5.91. The Morgan fingerprint density at radius 1 is 1.33 bits per heavy atom. The van der Waals surface area contributed by atoms with Crippen molar-refractivity contribution in [1.82, 2.24) is 0 Å². The minimum absolute atomic E-state index is 0.123. The van der Waals surface area contributed by atoms with Gasteiger partial charge in [-0.3, -0.25) is 4.21 Å². The van der Waals surface area contributed by atoms with Crippen molar-refractivity contribution in [3.8, 4) is 12.3 Å². The molecule has 0 aliphatic heterocycles. The van der Waals surface area contributed by atoms with Crippen LogP contribution in [0.5, 0.6) is 0 Å². The van der Waals surface area contributed by atoms with Gasteiger partial charge in [0.15, 0.2) is 0 Å². The van der Waals surface area contributed by atoms with Gasteiger partial charge in [-0.15, -0.1) is 6.42 Å². The molecular weight excluding hydrogens is 204 g/mol. The highest BCUT2D eigenvalue weighted by Gasteiger charge is 2.11. The van der Waals surface area contributed by atoms with E-state index in [4.69, 9.17) is 6.42 Å². The lowest BCUT2D eigenvalue weighted by atomic mass is 10.0. The molecule has 1 aromatic carbocycles. The summed E-state index contributed by atoms with van der Waals surface area (Å²) in [5.74, 6) is 2.64. The zero-order valence-electron chi connectivity index (χ0n) is 9.63. The van der Waals surface area contributed by atoms with E-state index >= 15 is 0 Å². The van der Waals surface area contributed by atoms with Crippen LogP contribution in [0, 0.1) is 26.2 Å². The number of hydrogen-bond donors (Lipinski definition) is 0. The van der Waals surface area contributed by atoms with Crippen molar-refractivity contribution in [3.05, 3.63) is 28.8 Å². The minimum atomic E-state index is -0.961. The first-order valence-corrected chi connectivity index (χ1v) is 6.17. The highest BCUT2D eigenvalue weighted by atomic mass is 32.2. The molecule has 0 bridgehead atoms. The molecule has 2 heteroatoms. The highest BCUT2D eigenvalue weighted by molar-refractivity contribution is 7.85. The first kappa shape index (κ1) is 12.0. The smallest absolute Gasteiger partial charge is 0.0555 e. The van der Waals surface area contributed by atoms with Crippen molar-refractivity contribution in [2.75, 3.05) is 0 Å². The quantitative estimate of drug-likeness (QED) is 0.700. The fourth-order valence-electron chi connectivity index (χ4n) is 1.36. The van der Waals surface area contributed by atoms with Crippen LogP contribution in [0.15, 0.2) is 17.0 Å². The van der Waals surface area contributed by atoms with E-state index in [1.54, 1.807) is 0 Å². The Morgan fingerprint density at radius 3 is 2.40 bits per heavy atom. The summed E-state index contributed by atoms with van der Waals surface area (Å²) in [6, 6.07) is 3.82. The Balaban J connectivity index is 3.30. The predicted molar refractivity (Wildman–Crippen MR) is 65.4 cm³/mol. The topological polar surface area (TPSA) is 17.1 Å². The van der Waals surface area contributed by atoms with Crippen LogP contribution in [0.1, 0.15) is 30.5 Å². The fourth-order valence-corrected chi connectivity index (χ4v) is 2.44. The van der Waals surface area contributed by atoms with E-state index in [2.05, 4.69) is 5.92 Å². The van der Waals surface area contributed by atoms with Crippen LogP contribution < -0.4 is 0 Å². The van der Waals surface area contributed by atoms with E-state index in [0.29, 0.717) is 0 Å². The zero-order chi connectivity index (χ0) is 11.6. The van der Waals surface area contributed by atoms with Crippen molar-refractivity contribution in [1.29, 1.82) is 0 Å². The first-order chi connectivity index (χ1) is 6.97. The van der Waals surface area contributed by atoms with Crippen LogP contribution >= 0.6 is 0 Å². The Bertz CT molecular complexity index is 439. The van der Waals surface area contributed by atoms with Gasteiger partial charge in [-0.2, -0.15) is 0 Å². The molecule has 1 nitrogen and oxygen atoms in total. The summed E-state index contributed by atoms with van der Waals surface area (Å²) in [5.41, 5.74) is 3.05. The molecule has 1 unspecified atom stereocenters. The molecule has 1 atom stereocenters. The van der Waals surface area contributed by atoms with Crippen molar-refractivity contribution >= 4 is 10.8 Å². The summed E-state index contributed by atoms with van der Waals surface area (Å²) in [5, 5.41) is 0.123. The van der Waals surface area contributed by atoms with Crippen molar-refractivity contribution in [3.63, 3.8) is 0 Å². The van der Waals surface area contributed by atoms with Gasteiger partial charge in [-0.1, -0.05) is 19.8 Å². The third-order valence-corrected chi connectivity index (χ3v) is 4.01. The van der Waals surface area contributed by atoms with Crippen LogP contribution in [0.25, 0.3) is 0 Å². The molecule has 0 radical (unpaired) electrons. The standard InChI is InChI=1S/C13H16OS/c1-6-12-8-13(15(14)9(2)3)7-10(4)11(12)5/h1,7-9H,2-5H3. The second-order valence-electron chi connectivity index (χ2n) is 3.90. The van der Waals surface area contributed by atoms with Gasteiger partial charge < -0.3 is 0 Å². The molecule has 0 saturated carbocycles. The minimum Gasteiger partial charge on any atom is -0.254 e. The van der Waals surface area contributed by atoms with Gasteiger partial charge in [0.05, 0.1) is 10.8 Å². The van der Waals surface area contributed by atoms with E-state index in [1.807, 2.05) is 39.8 Å². The summed E-state index contributed by atoms with van der Waals surface area (Å²) in [6.07, 6.45) is 5.42. The lowest BCUT2D eigenvalue weighted by molar-refractivity contribution is 0.676. The number of rotatable bonds is 2. The molecule has 0 aromatic heterocycles. The van der Waals surface area contributed by atoms with Crippen molar-refractivity contribution in [2.24, 2.45) is 0 Å². The molecule has 0 saturated heterocycles. The average Bonchev–Trinajstić information content (AvgIpc) is 2.20. The molecule has 80 valence electrons. The molecule has 0 amide bonds. The Morgan fingerprint density at radius 2 is 1.93 bits per heavy atom. The highest BCUT2D eigenvalue weighted by Crippen LogP contribution is 2.19. The summed E-state index contributed by atoms with van der Waals surface area (Å²) < 4.78 is 11.9. The number of benzene rings is 1. The molecule has 0 N–H and O–H groups in total. The van der Waals surface area contributed by atoms with Crippen LogP contribution in [0.4, 0.5) is 0 Å². The summed E-state index contributed by atoms with van der Waals surface area (Å²) in [4.78, 5) is 0.834. The molecule has 1 rings (SSSR count).